The van der Waals surface area contributed by atoms with Crippen molar-refractivity contribution >= 4 is 27.7 Å². The Morgan fingerprint density at radius 2 is 1.83 bits per heavy atom. The summed E-state index contributed by atoms with van der Waals surface area (Å²) >= 11 is 5.15. The largest absolute Gasteiger partial charge is 0.248 e. The molecule has 0 spiro atoms. The molecule has 0 aliphatic heterocycles. The van der Waals surface area contributed by atoms with Crippen LogP contribution in [0.3, 0.4) is 0 Å². The van der Waals surface area contributed by atoms with Crippen LogP contribution in [0.5, 0.6) is 0 Å². The summed E-state index contributed by atoms with van der Waals surface area (Å²) in [5, 5.41) is 1.07. The monoisotopic (exact) mass is 321 g/mol. The van der Waals surface area contributed by atoms with Gasteiger partial charge < -0.3 is 0 Å². The Morgan fingerprint density at radius 1 is 1.17 bits per heavy atom. The van der Waals surface area contributed by atoms with E-state index in [0.29, 0.717) is 5.92 Å². The lowest BCUT2D eigenvalue weighted by atomic mass is 10.0. The first-order chi connectivity index (χ1) is 8.56. The van der Waals surface area contributed by atoms with Crippen LogP contribution in [0.4, 0.5) is 0 Å². The topological polar surface area (TPSA) is 12.9 Å². The van der Waals surface area contributed by atoms with Crippen molar-refractivity contribution in [3.8, 4) is 0 Å². The summed E-state index contributed by atoms with van der Waals surface area (Å²) in [6.45, 7) is 6.51. The molecule has 1 heterocycles. The average Bonchev–Trinajstić information content (AvgIpc) is 2.33. The van der Waals surface area contributed by atoms with E-state index in [1.807, 2.05) is 6.20 Å². The first-order valence-electron chi connectivity index (χ1n) is 5.96. The molecule has 0 unspecified atom stereocenters. The zero-order chi connectivity index (χ0) is 13.1. The summed E-state index contributed by atoms with van der Waals surface area (Å²) in [7, 11) is 0. The predicted octanol–water partition coefficient (Wildman–Crippen LogP) is 5.43. The maximum Gasteiger partial charge on any atom is 0.104 e. The van der Waals surface area contributed by atoms with Gasteiger partial charge in [-0.3, -0.25) is 0 Å². The number of aromatic nitrogens is 1. The maximum atomic E-state index is 4.45. The van der Waals surface area contributed by atoms with Gasteiger partial charge in [0.05, 0.1) is 0 Å². The molecule has 2 aromatic rings. The van der Waals surface area contributed by atoms with Crippen LogP contribution in [0.1, 0.15) is 30.9 Å². The third-order valence-corrected chi connectivity index (χ3v) is 4.32. The number of rotatable bonds is 3. The molecule has 0 atom stereocenters. The van der Waals surface area contributed by atoms with E-state index in [2.05, 4.69) is 72.0 Å². The lowest BCUT2D eigenvalue weighted by Gasteiger charge is -2.08. The van der Waals surface area contributed by atoms with Crippen LogP contribution in [-0.2, 0) is 0 Å². The van der Waals surface area contributed by atoms with Gasteiger partial charge in [-0.1, -0.05) is 37.7 Å². The second-order valence-corrected chi connectivity index (χ2v) is 6.58. The van der Waals surface area contributed by atoms with Crippen LogP contribution in [0.2, 0.25) is 0 Å². The molecular formula is C15H16BrNS. The second kappa shape index (κ2) is 5.89. The molecule has 1 aromatic carbocycles. The normalized spacial score (nSPS) is 10.9. The zero-order valence-electron chi connectivity index (χ0n) is 10.8. The van der Waals surface area contributed by atoms with Gasteiger partial charge in [-0.2, -0.15) is 0 Å². The van der Waals surface area contributed by atoms with Crippen LogP contribution < -0.4 is 0 Å². The molecule has 0 aliphatic carbocycles. The fourth-order valence-corrected chi connectivity index (χ4v) is 2.93. The van der Waals surface area contributed by atoms with E-state index in [1.165, 1.54) is 16.0 Å². The molecule has 0 fully saturated rings. The van der Waals surface area contributed by atoms with Crippen LogP contribution in [0.25, 0.3) is 0 Å². The summed E-state index contributed by atoms with van der Waals surface area (Å²) in [4.78, 5) is 5.68. The van der Waals surface area contributed by atoms with Gasteiger partial charge in [0.1, 0.15) is 5.03 Å². The molecule has 0 N–H and O–H groups in total. The lowest BCUT2D eigenvalue weighted by Crippen LogP contribution is -1.88. The number of nitrogens with zero attached hydrogens (tertiary/aromatic N) is 1. The lowest BCUT2D eigenvalue weighted by molar-refractivity contribution is 0.865. The van der Waals surface area contributed by atoms with E-state index in [1.54, 1.807) is 11.8 Å². The molecule has 2 rings (SSSR count). The fourth-order valence-electron chi connectivity index (χ4n) is 1.67. The first kappa shape index (κ1) is 13.6. The highest BCUT2D eigenvalue weighted by atomic mass is 79.9. The molecule has 0 radical (unpaired) electrons. The van der Waals surface area contributed by atoms with Crippen LogP contribution in [-0.4, -0.2) is 4.98 Å². The third kappa shape index (κ3) is 3.36. The Labute approximate surface area is 121 Å². The molecule has 0 aliphatic rings. The van der Waals surface area contributed by atoms with Crippen molar-refractivity contribution in [3.63, 3.8) is 0 Å². The highest BCUT2D eigenvalue weighted by Gasteiger charge is 2.04. The van der Waals surface area contributed by atoms with Crippen LogP contribution in [0.15, 0.2) is 50.9 Å². The SMILES string of the molecule is Cc1cc(Br)cnc1Sc1ccc(C(C)C)cc1. The van der Waals surface area contributed by atoms with Gasteiger partial charge in [0.25, 0.3) is 0 Å². The molecule has 0 saturated carbocycles. The fraction of sp³-hybridized carbons (Fsp3) is 0.267. The number of benzene rings is 1. The summed E-state index contributed by atoms with van der Waals surface area (Å²) in [6.07, 6.45) is 1.85. The van der Waals surface area contributed by atoms with Crippen molar-refractivity contribution in [2.75, 3.05) is 0 Å². The number of halogens is 1. The Bertz CT molecular complexity index is 535. The molecule has 0 bridgehead atoms. The van der Waals surface area contributed by atoms with Gasteiger partial charge in [-0.25, -0.2) is 4.98 Å². The number of pyridine rings is 1. The quantitative estimate of drug-likeness (QED) is 0.747. The van der Waals surface area contributed by atoms with Crippen LogP contribution >= 0.6 is 27.7 Å². The summed E-state index contributed by atoms with van der Waals surface area (Å²) in [6, 6.07) is 10.8. The van der Waals surface area contributed by atoms with Gasteiger partial charge in [-0.05, 0) is 58.1 Å². The third-order valence-electron chi connectivity index (χ3n) is 2.76. The number of hydrogen-bond acceptors (Lipinski definition) is 2. The number of aryl methyl sites for hydroxylation is 1. The highest BCUT2D eigenvalue weighted by molar-refractivity contribution is 9.10. The van der Waals surface area contributed by atoms with E-state index in [-0.39, 0.29) is 0 Å². The highest BCUT2D eigenvalue weighted by Crippen LogP contribution is 2.30. The minimum atomic E-state index is 0.580. The summed E-state index contributed by atoms with van der Waals surface area (Å²) < 4.78 is 1.03. The molecule has 94 valence electrons. The van der Waals surface area contributed by atoms with Crippen molar-refractivity contribution in [2.24, 2.45) is 0 Å². The van der Waals surface area contributed by atoms with Gasteiger partial charge in [0, 0.05) is 15.6 Å². The van der Waals surface area contributed by atoms with E-state index >= 15 is 0 Å². The van der Waals surface area contributed by atoms with Crippen molar-refractivity contribution in [1.82, 2.24) is 4.98 Å². The standard InChI is InChI=1S/C15H16BrNS/c1-10(2)12-4-6-14(7-5-12)18-15-11(3)8-13(16)9-17-15/h4-10H,1-3H3. The van der Waals surface area contributed by atoms with Gasteiger partial charge in [0.15, 0.2) is 0 Å². The molecule has 3 heteroatoms. The van der Waals surface area contributed by atoms with Crippen molar-refractivity contribution < 1.29 is 0 Å². The molecule has 1 nitrogen and oxygen atoms in total. The molecule has 0 saturated heterocycles. The van der Waals surface area contributed by atoms with Crippen molar-refractivity contribution in [1.29, 1.82) is 0 Å². The molecule has 0 amide bonds. The average molecular weight is 322 g/mol. The predicted molar refractivity (Wildman–Crippen MR) is 81.3 cm³/mol. The number of hydrogen-bond donors (Lipinski definition) is 0. The van der Waals surface area contributed by atoms with E-state index in [4.69, 9.17) is 0 Å². The van der Waals surface area contributed by atoms with Crippen LogP contribution in [0, 0.1) is 6.92 Å². The van der Waals surface area contributed by atoms with Gasteiger partial charge in [0.2, 0.25) is 0 Å². The summed E-state index contributed by atoms with van der Waals surface area (Å²) in [5.74, 6) is 0.580. The van der Waals surface area contributed by atoms with E-state index in [9.17, 15) is 0 Å². The van der Waals surface area contributed by atoms with Crippen molar-refractivity contribution in [2.45, 2.75) is 36.6 Å². The maximum absolute atomic E-state index is 4.45. The molecular weight excluding hydrogens is 306 g/mol. The minimum Gasteiger partial charge on any atom is -0.248 e. The Hall–Kier alpha value is -0.800. The minimum absolute atomic E-state index is 0.580. The van der Waals surface area contributed by atoms with E-state index < -0.39 is 0 Å². The molecule has 18 heavy (non-hydrogen) atoms. The van der Waals surface area contributed by atoms with Gasteiger partial charge in [-0.15, -0.1) is 0 Å². The summed E-state index contributed by atoms with van der Waals surface area (Å²) in [5.41, 5.74) is 2.57. The smallest absolute Gasteiger partial charge is 0.104 e. The Balaban J connectivity index is 2.18. The Kier molecular flexibility index (Phi) is 4.46. The van der Waals surface area contributed by atoms with Gasteiger partial charge >= 0.3 is 0 Å². The second-order valence-electron chi connectivity index (χ2n) is 4.60. The van der Waals surface area contributed by atoms with Crippen molar-refractivity contribution in [3.05, 3.63) is 52.1 Å². The molecule has 1 aromatic heterocycles. The first-order valence-corrected chi connectivity index (χ1v) is 7.57. The van der Waals surface area contributed by atoms with E-state index in [0.717, 1.165) is 9.50 Å². The Morgan fingerprint density at radius 3 is 2.39 bits per heavy atom. The zero-order valence-corrected chi connectivity index (χ0v) is 13.2.